The molecule has 122 valence electrons. The molecule has 0 spiro atoms. The minimum atomic E-state index is -0.666. The molecule has 0 amide bonds. The number of non-ortho nitro benzene ring substituents is 1. The van der Waals surface area contributed by atoms with Crippen LogP contribution >= 0.6 is 12.2 Å². The fraction of sp³-hybridized carbons (Fsp3) is 0.286. The molecule has 3 N–H and O–H groups in total. The first-order chi connectivity index (χ1) is 10.9. The Bertz CT molecular complexity index is 704. The molecule has 1 aliphatic heterocycles. The van der Waals surface area contributed by atoms with Crippen molar-refractivity contribution < 1.29 is 14.5 Å². The lowest BCUT2D eigenvalue weighted by Gasteiger charge is -2.34. The Balaban J connectivity index is 2.53. The van der Waals surface area contributed by atoms with Gasteiger partial charge in [-0.25, -0.2) is 10.6 Å². The summed E-state index contributed by atoms with van der Waals surface area (Å²) in [6.07, 6.45) is 0. The van der Waals surface area contributed by atoms with Gasteiger partial charge in [-0.3, -0.25) is 15.1 Å². The molecule has 2 rings (SSSR count). The normalized spacial score (nSPS) is 17.8. The van der Waals surface area contributed by atoms with E-state index in [-0.39, 0.29) is 23.0 Å². The molecule has 0 aliphatic carbocycles. The molecular formula is C14H16N4O4S. The van der Waals surface area contributed by atoms with E-state index in [1.165, 1.54) is 17.1 Å². The van der Waals surface area contributed by atoms with E-state index in [1.54, 1.807) is 26.0 Å². The van der Waals surface area contributed by atoms with E-state index >= 15 is 0 Å². The van der Waals surface area contributed by atoms with Crippen LogP contribution in [0, 0.1) is 10.1 Å². The van der Waals surface area contributed by atoms with E-state index < -0.39 is 16.9 Å². The number of ether oxygens (including phenoxy) is 1. The maximum Gasteiger partial charge on any atom is 0.338 e. The van der Waals surface area contributed by atoms with Crippen molar-refractivity contribution in [2.24, 2.45) is 5.84 Å². The number of carbonyl (C=O) groups excluding carboxylic acids is 1. The highest BCUT2D eigenvalue weighted by atomic mass is 32.1. The number of nitrogens with zero attached hydrogens (tertiary/aromatic N) is 2. The number of esters is 1. The Morgan fingerprint density at radius 1 is 1.57 bits per heavy atom. The summed E-state index contributed by atoms with van der Waals surface area (Å²) in [6.45, 7) is 3.54. The van der Waals surface area contributed by atoms with E-state index in [0.717, 1.165) is 0 Å². The average Bonchev–Trinajstić information content (AvgIpc) is 2.52. The first-order valence-electron chi connectivity index (χ1n) is 6.84. The molecule has 1 aromatic carbocycles. The van der Waals surface area contributed by atoms with Crippen LogP contribution in [0.1, 0.15) is 25.5 Å². The highest BCUT2D eigenvalue weighted by Gasteiger charge is 2.34. The molecule has 1 heterocycles. The maximum absolute atomic E-state index is 12.3. The van der Waals surface area contributed by atoms with Gasteiger partial charge in [-0.05, 0) is 31.6 Å². The molecule has 0 radical (unpaired) electrons. The minimum Gasteiger partial charge on any atom is -0.463 e. The van der Waals surface area contributed by atoms with Gasteiger partial charge >= 0.3 is 5.97 Å². The summed E-state index contributed by atoms with van der Waals surface area (Å²) in [7, 11) is 0. The molecular weight excluding hydrogens is 320 g/mol. The predicted molar refractivity (Wildman–Crippen MR) is 86.9 cm³/mol. The second-order valence-corrected chi connectivity index (χ2v) is 5.21. The van der Waals surface area contributed by atoms with E-state index in [2.05, 4.69) is 5.32 Å². The predicted octanol–water partition coefficient (Wildman–Crippen LogP) is 1.54. The van der Waals surface area contributed by atoms with Crippen LogP contribution in [-0.4, -0.2) is 27.6 Å². The minimum absolute atomic E-state index is 0.0775. The van der Waals surface area contributed by atoms with Crippen molar-refractivity contribution >= 4 is 29.0 Å². The fourth-order valence-corrected chi connectivity index (χ4v) is 2.55. The van der Waals surface area contributed by atoms with Gasteiger partial charge < -0.3 is 10.1 Å². The number of nitro benzene ring substituents is 1. The van der Waals surface area contributed by atoms with Gasteiger partial charge in [0, 0.05) is 17.8 Å². The second kappa shape index (κ2) is 6.71. The van der Waals surface area contributed by atoms with Crippen LogP contribution < -0.4 is 11.2 Å². The number of nitrogens with one attached hydrogen (secondary N) is 1. The number of thiocarbonyl (C=S) groups is 1. The molecule has 1 aliphatic rings. The summed E-state index contributed by atoms with van der Waals surface area (Å²) in [4.78, 5) is 22.7. The Morgan fingerprint density at radius 3 is 2.87 bits per heavy atom. The molecule has 0 saturated carbocycles. The average molecular weight is 336 g/mol. The van der Waals surface area contributed by atoms with Crippen molar-refractivity contribution in [1.29, 1.82) is 0 Å². The van der Waals surface area contributed by atoms with Crippen molar-refractivity contribution in [3.63, 3.8) is 0 Å². The smallest absolute Gasteiger partial charge is 0.338 e. The van der Waals surface area contributed by atoms with Crippen molar-refractivity contribution in [3.05, 3.63) is 51.2 Å². The number of benzene rings is 1. The topological polar surface area (TPSA) is 111 Å². The third kappa shape index (κ3) is 3.30. The number of nitrogens with two attached hydrogens (primary N) is 1. The maximum atomic E-state index is 12.3. The summed E-state index contributed by atoms with van der Waals surface area (Å²) in [5.74, 6) is 5.27. The van der Waals surface area contributed by atoms with Crippen molar-refractivity contribution in [2.45, 2.75) is 19.9 Å². The molecule has 0 aromatic heterocycles. The largest absolute Gasteiger partial charge is 0.463 e. The van der Waals surface area contributed by atoms with E-state index in [4.69, 9.17) is 22.8 Å². The summed E-state index contributed by atoms with van der Waals surface area (Å²) >= 11 is 5.14. The first kappa shape index (κ1) is 16.8. The summed E-state index contributed by atoms with van der Waals surface area (Å²) in [5, 5.41) is 15.3. The molecule has 8 nitrogen and oxygen atoms in total. The van der Waals surface area contributed by atoms with Gasteiger partial charge in [0.15, 0.2) is 5.11 Å². The Hall–Kier alpha value is -2.52. The third-order valence-electron chi connectivity index (χ3n) is 3.44. The quantitative estimate of drug-likeness (QED) is 0.280. The number of hydrazine groups is 1. The lowest BCUT2D eigenvalue weighted by molar-refractivity contribution is -0.384. The van der Waals surface area contributed by atoms with Crippen molar-refractivity contribution in [3.8, 4) is 0 Å². The number of nitro groups is 1. The molecule has 1 unspecified atom stereocenters. The van der Waals surface area contributed by atoms with Gasteiger partial charge in [-0.2, -0.15) is 0 Å². The standard InChI is InChI=1S/C14H16N4O4S/c1-3-22-13(19)11-8(2)17(15)14(23)16-12(11)9-5-4-6-10(7-9)18(20)21/h4-7,12H,3,15H2,1-2H3,(H,16,23). The summed E-state index contributed by atoms with van der Waals surface area (Å²) in [6, 6.07) is 5.32. The first-order valence-corrected chi connectivity index (χ1v) is 7.25. The van der Waals surface area contributed by atoms with E-state index in [0.29, 0.717) is 11.3 Å². The third-order valence-corrected chi connectivity index (χ3v) is 3.75. The second-order valence-electron chi connectivity index (χ2n) is 4.82. The molecule has 0 fully saturated rings. The molecule has 1 atom stereocenters. The van der Waals surface area contributed by atoms with Crippen molar-refractivity contribution in [1.82, 2.24) is 10.3 Å². The van der Waals surface area contributed by atoms with Gasteiger partial charge in [0.1, 0.15) is 0 Å². The number of hydrogen-bond acceptors (Lipinski definition) is 6. The van der Waals surface area contributed by atoms with Crippen LogP contribution in [0.15, 0.2) is 35.5 Å². The lowest BCUT2D eigenvalue weighted by atomic mass is 9.95. The fourth-order valence-electron chi connectivity index (χ4n) is 2.30. The van der Waals surface area contributed by atoms with E-state index in [9.17, 15) is 14.9 Å². The lowest BCUT2D eigenvalue weighted by Crippen LogP contribution is -2.50. The number of carbonyl (C=O) groups is 1. The van der Waals surface area contributed by atoms with Crippen LogP contribution in [-0.2, 0) is 9.53 Å². The zero-order valence-corrected chi connectivity index (χ0v) is 13.4. The van der Waals surface area contributed by atoms with Gasteiger partial charge in [-0.15, -0.1) is 0 Å². The van der Waals surface area contributed by atoms with Crippen LogP contribution in [0.3, 0.4) is 0 Å². The van der Waals surface area contributed by atoms with Gasteiger partial charge in [0.2, 0.25) is 0 Å². The SMILES string of the molecule is CCOC(=O)C1=C(C)N(N)C(=S)NC1c1cccc([N+](=O)[O-])c1. The number of rotatable bonds is 4. The molecule has 1 aromatic rings. The summed E-state index contributed by atoms with van der Waals surface area (Å²) < 4.78 is 5.07. The molecule has 9 heteroatoms. The zero-order valence-electron chi connectivity index (χ0n) is 12.6. The monoisotopic (exact) mass is 336 g/mol. The van der Waals surface area contributed by atoms with Crippen LogP contribution in [0.5, 0.6) is 0 Å². The van der Waals surface area contributed by atoms with Gasteiger partial charge in [0.05, 0.1) is 23.1 Å². The zero-order chi connectivity index (χ0) is 17.1. The van der Waals surface area contributed by atoms with Crippen LogP contribution in [0.2, 0.25) is 0 Å². The summed E-state index contributed by atoms with van der Waals surface area (Å²) in [5.41, 5.74) is 1.15. The molecule has 0 saturated heterocycles. The highest BCUT2D eigenvalue weighted by Crippen LogP contribution is 2.31. The highest BCUT2D eigenvalue weighted by molar-refractivity contribution is 7.80. The van der Waals surface area contributed by atoms with Gasteiger partial charge in [0.25, 0.3) is 5.69 Å². The van der Waals surface area contributed by atoms with Gasteiger partial charge in [-0.1, -0.05) is 12.1 Å². The molecule has 0 bridgehead atoms. The Kier molecular flexibility index (Phi) is 4.92. The Labute approximate surface area is 138 Å². The van der Waals surface area contributed by atoms with Crippen LogP contribution in [0.4, 0.5) is 5.69 Å². The van der Waals surface area contributed by atoms with Crippen molar-refractivity contribution in [2.75, 3.05) is 6.61 Å². The van der Waals surface area contributed by atoms with E-state index in [1.807, 2.05) is 0 Å². The number of hydrogen-bond donors (Lipinski definition) is 2. The van der Waals surface area contributed by atoms with Crippen LogP contribution in [0.25, 0.3) is 0 Å². The Morgan fingerprint density at radius 2 is 2.26 bits per heavy atom. The number of allylic oxidation sites excluding steroid dienone is 1. The molecule has 23 heavy (non-hydrogen) atoms.